The van der Waals surface area contributed by atoms with Gasteiger partial charge in [-0.1, -0.05) is 11.6 Å². The van der Waals surface area contributed by atoms with Gasteiger partial charge in [-0.15, -0.1) is 12.4 Å². The molecule has 0 fully saturated rings. The highest BCUT2D eigenvalue weighted by Gasteiger charge is 2.11. The lowest BCUT2D eigenvalue weighted by Crippen LogP contribution is -2.23. The molecule has 0 amide bonds. The summed E-state index contributed by atoms with van der Waals surface area (Å²) in [6.45, 7) is 1.96. The summed E-state index contributed by atoms with van der Waals surface area (Å²) < 4.78 is 5.16. The number of benzene rings is 1. The third kappa shape index (κ3) is 2.14. The molecule has 78 valence electrons. The normalized spacial score (nSPS) is 14.1. The highest BCUT2D eigenvalue weighted by molar-refractivity contribution is 6.32. The number of halogens is 2. The van der Waals surface area contributed by atoms with Crippen molar-refractivity contribution in [2.24, 2.45) is 0 Å². The number of nitrogens with one attached hydrogen (secondary N) is 1. The van der Waals surface area contributed by atoms with Crippen LogP contribution in [0, 0.1) is 0 Å². The van der Waals surface area contributed by atoms with E-state index >= 15 is 0 Å². The smallest absolute Gasteiger partial charge is 0.137 e. The van der Waals surface area contributed by atoms with Gasteiger partial charge in [0, 0.05) is 6.54 Å². The SMILES string of the molecule is COc1cc2c(cc1Cl)CNCC2.Cl. The van der Waals surface area contributed by atoms with Crippen LogP contribution in [0.3, 0.4) is 0 Å². The molecule has 0 unspecified atom stereocenters. The molecule has 2 rings (SSSR count). The van der Waals surface area contributed by atoms with Gasteiger partial charge in [-0.3, -0.25) is 0 Å². The fourth-order valence-electron chi connectivity index (χ4n) is 1.64. The Hall–Kier alpha value is -0.440. The van der Waals surface area contributed by atoms with Crippen molar-refractivity contribution in [3.8, 4) is 5.75 Å². The lowest BCUT2D eigenvalue weighted by Gasteiger charge is -2.18. The van der Waals surface area contributed by atoms with Crippen molar-refractivity contribution >= 4 is 24.0 Å². The van der Waals surface area contributed by atoms with Crippen molar-refractivity contribution < 1.29 is 4.74 Å². The molecular weight excluding hydrogens is 221 g/mol. The van der Waals surface area contributed by atoms with E-state index in [0.717, 1.165) is 25.3 Å². The third-order valence-corrected chi connectivity index (χ3v) is 2.66. The summed E-state index contributed by atoms with van der Waals surface area (Å²) in [7, 11) is 1.65. The molecule has 0 saturated heterocycles. The van der Waals surface area contributed by atoms with Gasteiger partial charge in [-0.2, -0.15) is 0 Å². The summed E-state index contributed by atoms with van der Waals surface area (Å²) in [5.74, 6) is 0.780. The van der Waals surface area contributed by atoms with Crippen LogP contribution in [0.4, 0.5) is 0 Å². The van der Waals surface area contributed by atoms with Crippen molar-refractivity contribution in [2.45, 2.75) is 13.0 Å². The lowest BCUT2D eigenvalue weighted by atomic mass is 10.0. The van der Waals surface area contributed by atoms with E-state index in [9.17, 15) is 0 Å². The zero-order chi connectivity index (χ0) is 9.26. The van der Waals surface area contributed by atoms with E-state index in [4.69, 9.17) is 16.3 Å². The minimum Gasteiger partial charge on any atom is -0.495 e. The molecule has 2 nitrogen and oxygen atoms in total. The fourth-order valence-corrected chi connectivity index (χ4v) is 1.90. The van der Waals surface area contributed by atoms with E-state index in [1.165, 1.54) is 11.1 Å². The minimum absolute atomic E-state index is 0. The maximum Gasteiger partial charge on any atom is 0.137 e. The molecule has 0 aliphatic carbocycles. The van der Waals surface area contributed by atoms with Gasteiger partial charge >= 0.3 is 0 Å². The fraction of sp³-hybridized carbons (Fsp3) is 0.400. The Morgan fingerprint density at radius 3 is 2.86 bits per heavy atom. The number of hydrogen-bond donors (Lipinski definition) is 1. The van der Waals surface area contributed by atoms with Gasteiger partial charge < -0.3 is 10.1 Å². The van der Waals surface area contributed by atoms with Crippen LogP contribution in [0.15, 0.2) is 12.1 Å². The quantitative estimate of drug-likeness (QED) is 0.805. The Morgan fingerprint density at radius 2 is 2.14 bits per heavy atom. The second-order valence-electron chi connectivity index (χ2n) is 3.18. The van der Waals surface area contributed by atoms with Crippen LogP contribution in [-0.4, -0.2) is 13.7 Å². The molecule has 1 aromatic rings. The predicted octanol–water partition coefficient (Wildman–Crippen LogP) is 2.42. The summed E-state index contributed by atoms with van der Waals surface area (Å²) >= 11 is 6.01. The molecule has 0 spiro atoms. The van der Waals surface area contributed by atoms with Gasteiger partial charge in [0.25, 0.3) is 0 Å². The van der Waals surface area contributed by atoms with E-state index in [0.29, 0.717) is 5.02 Å². The van der Waals surface area contributed by atoms with Gasteiger partial charge in [0.05, 0.1) is 12.1 Å². The van der Waals surface area contributed by atoms with Crippen molar-refractivity contribution in [3.05, 3.63) is 28.3 Å². The van der Waals surface area contributed by atoms with E-state index in [1.807, 2.05) is 12.1 Å². The van der Waals surface area contributed by atoms with Crippen LogP contribution in [-0.2, 0) is 13.0 Å². The molecule has 0 aromatic heterocycles. The third-order valence-electron chi connectivity index (χ3n) is 2.36. The number of ether oxygens (including phenoxy) is 1. The average molecular weight is 234 g/mol. The van der Waals surface area contributed by atoms with Crippen LogP contribution in [0.5, 0.6) is 5.75 Å². The summed E-state index contributed by atoms with van der Waals surface area (Å²) in [6.07, 6.45) is 1.06. The van der Waals surface area contributed by atoms with E-state index in [-0.39, 0.29) is 12.4 Å². The largest absolute Gasteiger partial charge is 0.495 e. The Balaban J connectivity index is 0.000000980. The molecular formula is C10H13Cl2NO. The second kappa shape index (κ2) is 4.87. The summed E-state index contributed by atoms with van der Waals surface area (Å²) in [5.41, 5.74) is 2.64. The number of methoxy groups -OCH3 is 1. The molecule has 1 aromatic carbocycles. The minimum atomic E-state index is 0. The molecule has 0 radical (unpaired) electrons. The van der Waals surface area contributed by atoms with E-state index in [2.05, 4.69) is 5.32 Å². The predicted molar refractivity (Wildman–Crippen MR) is 60.7 cm³/mol. The van der Waals surface area contributed by atoms with Gasteiger partial charge in [-0.05, 0) is 36.2 Å². The van der Waals surface area contributed by atoms with Crippen LogP contribution in [0.2, 0.25) is 5.02 Å². The van der Waals surface area contributed by atoms with E-state index in [1.54, 1.807) is 7.11 Å². The highest BCUT2D eigenvalue weighted by atomic mass is 35.5. The van der Waals surface area contributed by atoms with Crippen molar-refractivity contribution in [3.63, 3.8) is 0 Å². The number of rotatable bonds is 1. The Kier molecular flexibility index (Phi) is 4.05. The van der Waals surface area contributed by atoms with E-state index < -0.39 is 0 Å². The molecule has 1 heterocycles. The standard InChI is InChI=1S/C10H12ClNO.ClH/c1-13-10-5-7-2-3-12-6-8(7)4-9(10)11;/h4-5,12H,2-3,6H2,1H3;1H. The zero-order valence-electron chi connectivity index (χ0n) is 7.97. The molecule has 0 saturated carbocycles. The highest BCUT2D eigenvalue weighted by Crippen LogP contribution is 2.29. The first-order valence-electron chi connectivity index (χ1n) is 4.37. The molecule has 4 heteroatoms. The van der Waals surface area contributed by atoms with Crippen molar-refractivity contribution in [2.75, 3.05) is 13.7 Å². The summed E-state index contributed by atoms with van der Waals surface area (Å²) in [6, 6.07) is 4.03. The van der Waals surface area contributed by atoms with Gasteiger partial charge in [0.2, 0.25) is 0 Å². The maximum atomic E-state index is 6.01. The monoisotopic (exact) mass is 233 g/mol. The molecule has 1 aliphatic heterocycles. The van der Waals surface area contributed by atoms with Crippen LogP contribution < -0.4 is 10.1 Å². The second-order valence-corrected chi connectivity index (χ2v) is 3.59. The van der Waals surface area contributed by atoms with Crippen LogP contribution >= 0.6 is 24.0 Å². The van der Waals surface area contributed by atoms with Gasteiger partial charge in [0.15, 0.2) is 0 Å². The number of hydrogen-bond acceptors (Lipinski definition) is 2. The first-order valence-corrected chi connectivity index (χ1v) is 4.75. The zero-order valence-corrected chi connectivity index (χ0v) is 9.54. The first-order chi connectivity index (χ1) is 6.31. The van der Waals surface area contributed by atoms with Crippen molar-refractivity contribution in [1.29, 1.82) is 0 Å². The Labute approximate surface area is 95.0 Å². The number of fused-ring (bicyclic) bond motifs is 1. The average Bonchev–Trinajstić information content (AvgIpc) is 2.17. The molecule has 14 heavy (non-hydrogen) atoms. The Morgan fingerprint density at radius 1 is 1.36 bits per heavy atom. The summed E-state index contributed by atoms with van der Waals surface area (Å²) in [4.78, 5) is 0. The van der Waals surface area contributed by atoms with Crippen LogP contribution in [0.25, 0.3) is 0 Å². The Bertz CT molecular complexity index is 328. The first kappa shape index (κ1) is 11.6. The summed E-state index contributed by atoms with van der Waals surface area (Å²) in [5, 5.41) is 4.01. The van der Waals surface area contributed by atoms with Gasteiger partial charge in [0.1, 0.15) is 5.75 Å². The van der Waals surface area contributed by atoms with Crippen molar-refractivity contribution in [1.82, 2.24) is 5.32 Å². The molecule has 0 atom stereocenters. The topological polar surface area (TPSA) is 21.3 Å². The van der Waals surface area contributed by atoms with Crippen LogP contribution in [0.1, 0.15) is 11.1 Å². The molecule has 0 bridgehead atoms. The van der Waals surface area contributed by atoms with Gasteiger partial charge in [-0.25, -0.2) is 0 Å². The molecule has 1 N–H and O–H groups in total. The molecule has 1 aliphatic rings. The maximum absolute atomic E-state index is 6.01. The lowest BCUT2D eigenvalue weighted by molar-refractivity contribution is 0.413.